The molecular formula is C17H17N3O4. The monoisotopic (exact) mass is 327 g/mol. The minimum atomic E-state index is -0.870. The smallest absolute Gasteiger partial charge is 0.355 e. The van der Waals surface area contributed by atoms with Crippen molar-refractivity contribution in [2.45, 2.75) is 13.3 Å². The van der Waals surface area contributed by atoms with Crippen LogP contribution in [0.4, 0.5) is 0 Å². The molecule has 0 bridgehead atoms. The molecule has 7 nitrogen and oxygen atoms in total. The van der Waals surface area contributed by atoms with Gasteiger partial charge >= 0.3 is 5.97 Å². The predicted molar refractivity (Wildman–Crippen MR) is 85.8 cm³/mol. The molecule has 1 N–H and O–H groups in total. The second-order valence-corrected chi connectivity index (χ2v) is 4.97. The molecule has 0 spiro atoms. The molecule has 0 saturated heterocycles. The average Bonchev–Trinajstić information content (AvgIpc) is 2.95. The highest BCUT2D eigenvalue weighted by Crippen LogP contribution is 2.35. The van der Waals surface area contributed by atoms with Gasteiger partial charge < -0.3 is 19.2 Å². The SMILES string of the molecule is CCOC(=O)c1[nH]c2cc(OC)c(OC)cc2c1CC(C#N)C#N. The molecule has 0 fully saturated rings. The van der Waals surface area contributed by atoms with Crippen molar-refractivity contribution in [2.75, 3.05) is 20.8 Å². The van der Waals surface area contributed by atoms with Crippen LogP contribution in [0.3, 0.4) is 0 Å². The van der Waals surface area contributed by atoms with Crippen LogP contribution in [0.1, 0.15) is 23.0 Å². The number of carbonyl (C=O) groups excluding carboxylic acids is 1. The van der Waals surface area contributed by atoms with Gasteiger partial charge in [-0.2, -0.15) is 10.5 Å². The van der Waals surface area contributed by atoms with E-state index in [9.17, 15) is 4.79 Å². The van der Waals surface area contributed by atoms with Gasteiger partial charge in [0.25, 0.3) is 0 Å². The molecule has 7 heteroatoms. The zero-order valence-electron chi connectivity index (χ0n) is 13.7. The van der Waals surface area contributed by atoms with Crippen LogP contribution in [0.5, 0.6) is 11.5 Å². The molecule has 1 heterocycles. The maximum absolute atomic E-state index is 12.2. The van der Waals surface area contributed by atoms with Crippen molar-refractivity contribution in [1.82, 2.24) is 4.98 Å². The first-order valence-corrected chi connectivity index (χ1v) is 7.32. The van der Waals surface area contributed by atoms with E-state index in [0.29, 0.717) is 28.0 Å². The Balaban J connectivity index is 2.68. The number of carbonyl (C=O) groups is 1. The second-order valence-electron chi connectivity index (χ2n) is 4.97. The number of hydrogen-bond acceptors (Lipinski definition) is 6. The van der Waals surface area contributed by atoms with E-state index in [1.807, 2.05) is 12.1 Å². The summed E-state index contributed by atoms with van der Waals surface area (Å²) in [5.41, 5.74) is 1.43. The summed E-state index contributed by atoms with van der Waals surface area (Å²) >= 11 is 0. The van der Waals surface area contributed by atoms with Crippen LogP contribution in [-0.2, 0) is 11.2 Å². The van der Waals surface area contributed by atoms with E-state index in [-0.39, 0.29) is 18.7 Å². The number of rotatable bonds is 6. The van der Waals surface area contributed by atoms with E-state index in [1.165, 1.54) is 14.2 Å². The topological polar surface area (TPSA) is 108 Å². The third kappa shape index (κ3) is 3.11. The fraction of sp³-hybridized carbons (Fsp3) is 0.353. The lowest BCUT2D eigenvalue weighted by molar-refractivity contribution is 0.0519. The zero-order valence-corrected chi connectivity index (χ0v) is 13.7. The molecule has 0 radical (unpaired) electrons. The molecule has 0 aliphatic rings. The largest absolute Gasteiger partial charge is 0.493 e. The van der Waals surface area contributed by atoms with Crippen molar-refractivity contribution in [3.63, 3.8) is 0 Å². The highest BCUT2D eigenvalue weighted by Gasteiger charge is 2.23. The molecule has 0 aliphatic heterocycles. The van der Waals surface area contributed by atoms with Crippen molar-refractivity contribution in [3.8, 4) is 23.6 Å². The van der Waals surface area contributed by atoms with Gasteiger partial charge in [0.2, 0.25) is 0 Å². The van der Waals surface area contributed by atoms with Crippen LogP contribution in [0.15, 0.2) is 12.1 Å². The Bertz CT molecular complexity index is 828. The molecule has 0 saturated carbocycles. The molecule has 124 valence electrons. The van der Waals surface area contributed by atoms with Gasteiger partial charge in [-0.05, 0) is 18.6 Å². The van der Waals surface area contributed by atoms with Crippen molar-refractivity contribution in [3.05, 3.63) is 23.4 Å². The molecule has 0 atom stereocenters. The van der Waals surface area contributed by atoms with Gasteiger partial charge in [0.15, 0.2) is 11.5 Å². The Morgan fingerprint density at radius 3 is 2.38 bits per heavy atom. The molecule has 2 rings (SSSR count). The number of esters is 1. The number of nitrogens with zero attached hydrogens (tertiary/aromatic N) is 2. The second kappa shape index (κ2) is 7.38. The van der Waals surface area contributed by atoms with Crippen LogP contribution in [-0.4, -0.2) is 31.8 Å². The van der Waals surface area contributed by atoms with Gasteiger partial charge in [0.05, 0.1) is 38.5 Å². The van der Waals surface area contributed by atoms with Gasteiger partial charge in [-0.15, -0.1) is 0 Å². The summed E-state index contributed by atoms with van der Waals surface area (Å²) in [6, 6.07) is 7.26. The minimum absolute atomic E-state index is 0.108. The quantitative estimate of drug-likeness (QED) is 0.817. The van der Waals surface area contributed by atoms with Crippen molar-refractivity contribution in [2.24, 2.45) is 5.92 Å². The van der Waals surface area contributed by atoms with E-state index in [2.05, 4.69) is 4.98 Å². The van der Waals surface area contributed by atoms with Gasteiger partial charge in [-0.1, -0.05) is 0 Å². The third-order valence-electron chi connectivity index (χ3n) is 3.61. The number of nitrogens with one attached hydrogen (secondary N) is 1. The summed E-state index contributed by atoms with van der Waals surface area (Å²) in [6.07, 6.45) is 0.108. The number of fused-ring (bicyclic) bond motifs is 1. The number of nitriles is 2. The molecule has 0 amide bonds. The maximum Gasteiger partial charge on any atom is 0.355 e. The first kappa shape index (κ1) is 17.2. The van der Waals surface area contributed by atoms with Crippen molar-refractivity contribution in [1.29, 1.82) is 10.5 Å². The van der Waals surface area contributed by atoms with E-state index < -0.39 is 11.9 Å². The van der Waals surface area contributed by atoms with Crippen LogP contribution < -0.4 is 9.47 Å². The summed E-state index contributed by atoms with van der Waals surface area (Å²) in [5, 5.41) is 18.8. The average molecular weight is 327 g/mol. The van der Waals surface area contributed by atoms with E-state index in [4.69, 9.17) is 24.7 Å². The van der Waals surface area contributed by atoms with Crippen molar-refractivity contribution < 1.29 is 19.0 Å². The number of aromatic nitrogens is 1. The van der Waals surface area contributed by atoms with E-state index >= 15 is 0 Å². The van der Waals surface area contributed by atoms with Crippen LogP contribution in [0.2, 0.25) is 0 Å². The van der Waals surface area contributed by atoms with E-state index in [1.54, 1.807) is 19.1 Å². The van der Waals surface area contributed by atoms with E-state index in [0.717, 1.165) is 0 Å². The number of benzene rings is 1. The highest BCUT2D eigenvalue weighted by atomic mass is 16.5. The lowest BCUT2D eigenvalue weighted by Gasteiger charge is -2.08. The fourth-order valence-electron chi connectivity index (χ4n) is 2.49. The third-order valence-corrected chi connectivity index (χ3v) is 3.61. The Hall–Kier alpha value is -3.19. The first-order valence-electron chi connectivity index (χ1n) is 7.32. The van der Waals surface area contributed by atoms with Gasteiger partial charge in [-0.3, -0.25) is 0 Å². The maximum atomic E-state index is 12.2. The highest BCUT2D eigenvalue weighted by molar-refractivity contribution is 5.99. The summed E-state index contributed by atoms with van der Waals surface area (Å²) in [7, 11) is 3.02. The first-order chi connectivity index (χ1) is 11.6. The van der Waals surface area contributed by atoms with Crippen molar-refractivity contribution >= 4 is 16.9 Å². The molecule has 1 aromatic carbocycles. The zero-order chi connectivity index (χ0) is 17.7. The standard InChI is InChI=1S/C17H17N3O4/c1-4-24-17(21)16-12(5-10(8-18)9-19)11-6-14(22-2)15(23-3)7-13(11)20-16/h6-7,10,20H,4-5H2,1-3H3. The molecule has 2 aromatic rings. The molecular weight excluding hydrogens is 310 g/mol. The van der Waals surface area contributed by atoms with Crippen LogP contribution >= 0.6 is 0 Å². The van der Waals surface area contributed by atoms with Crippen LogP contribution in [0.25, 0.3) is 10.9 Å². The Kier molecular flexibility index (Phi) is 5.28. The normalized spacial score (nSPS) is 10.2. The molecule has 0 aliphatic carbocycles. The number of aromatic amines is 1. The predicted octanol–water partition coefficient (Wildman–Crippen LogP) is 2.57. The minimum Gasteiger partial charge on any atom is -0.493 e. The van der Waals surface area contributed by atoms with Gasteiger partial charge in [0.1, 0.15) is 11.6 Å². The fourth-order valence-corrected chi connectivity index (χ4v) is 2.49. The lowest BCUT2D eigenvalue weighted by atomic mass is 9.98. The summed E-state index contributed by atoms with van der Waals surface area (Å²) in [6.45, 7) is 1.93. The Morgan fingerprint density at radius 1 is 1.21 bits per heavy atom. The number of H-pyrrole nitrogens is 1. The Morgan fingerprint density at radius 2 is 1.83 bits per heavy atom. The van der Waals surface area contributed by atoms with Gasteiger partial charge in [-0.25, -0.2) is 4.79 Å². The van der Waals surface area contributed by atoms with Gasteiger partial charge in [0, 0.05) is 17.9 Å². The number of hydrogen-bond donors (Lipinski definition) is 1. The number of ether oxygens (including phenoxy) is 3. The summed E-state index contributed by atoms with van der Waals surface area (Å²) in [4.78, 5) is 15.2. The molecule has 24 heavy (non-hydrogen) atoms. The van der Waals surface area contributed by atoms with Crippen LogP contribution in [0, 0.1) is 28.6 Å². The molecule has 1 aromatic heterocycles. The Labute approximate surface area is 139 Å². The summed E-state index contributed by atoms with van der Waals surface area (Å²) in [5.74, 6) is -0.405. The summed E-state index contributed by atoms with van der Waals surface area (Å²) < 4.78 is 15.6. The lowest BCUT2D eigenvalue weighted by Crippen LogP contribution is -2.10. The molecule has 0 unspecified atom stereocenters. The number of methoxy groups -OCH3 is 2.